The van der Waals surface area contributed by atoms with Crippen molar-refractivity contribution < 1.29 is 22.7 Å². The van der Waals surface area contributed by atoms with Crippen LogP contribution in [-0.4, -0.2) is 51.1 Å². The van der Waals surface area contributed by atoms with Crippen LogP contribution < -0.4 is 14.2 Å². The zero-order chi connectivity index (χ0) is 22.8. The van der Waals surface area contributed by atoms with Crippen LogP contribution in [0.15, 0.2) is 23.1 Å². The number of amides is 1. The van der Waals surface area contributed by atoms with Gasteiger partial charge in [-0.3, -0.25) is 9.52 Å². The van der Waals surface area contributed by atoms with E-state index in [1.54, 1.807) is 48.6 Å². The number of hydrogen-bond acceptors (Lipinski definition) is 5. The maximum atomic E-state index is 13.5. The lowest BCUT2D eigenvalue weighted by Crippen LogP contribution is -2.33. The average molecular weight is 450 g/mol. The third-order valence-electron chi connectivity index (χ3n) is 5.90. The molecular weight excluding hydrogens is 418 g/mol. The second kappa shape index (κ2) is 9.21. The number of ether oxygens (including phenoxy) is 2. The second-order valence-electron chi connectivity index (χ2n) is 7.85. The van der Waals surface area contributed by atoms with E-state index in [0.717, 1.165) is 25.7 Å². The van der Waals surface area contributed by atoms with Crippen molar-refractivity contribution in [3.05, 3.63) is 35.2 Å². The Bertz CT molecular complexity index is 1050. The molecule has 1 fully saturated rings. The third-order valence-corrected chi connectivity index (χ3v) is 7.44. The van der Waals surface area contributed by atoms with Crippen LogP contribution >= 0.6 is 0 Å². The van der Waals surface area contributed by atoms with Crippen molar-refractivity contribution in [2.75, 3.05) is 32.0 Å². The molecule has 1 aliphatic rings. The topological polar surface area (TPSA) is 89.9 Å². The summed E-state index contributed by atoms with van der Waals surface area (Å²) in [6.07, 6.45) is 4.03. The highest BCUT2D eigenvalue weighted by Gasteiger charge is 2.33. The van der Waals surface area contributed by atoms with Gasteiger partial charge in [-0.1, -0.05) is 12.8 Å². The largest absolute Gasteiger partial charge is 0.497 e. The Kier molecular flexibility index (Phi) is 6.83. The van der Waals surface area contributed by atoms with Crippen molar-refractivity contribution in [1.29, 1.82) is 0 Å². The average Bonchev–Trinajstić information content (AvgIpc) is 2.93. The summed E-state index contributed by atoms with van der Waals surface area (Å²) in [7, 11) is 0.718. The summed E-state index contributed by atoms with van der Waals surface area (Å²) in [6, 6.07) is 4.80. The van der Waals surface area contributed by atoms with E-state index in [1.165, 1.54) is 14.2 Å². The van der Waals surface area contributed by atoms with Gasteiger partial charge in [0, 0.05) is 49.7 Å². The first-order chi connectivity index (χ1) is 14.7. The number of carbonyl (C=O) groups excluding carboxylic acids is 1. The summed E-state index contributed by atoms with van der Waals surface area (Å²) in [5.41, 5.74) is 1.68. The van der Waals surface area contributed by atoms with Gasteiger partial charge in [-0.2, -0.15) is 0 Å². The standard InChI is InChI=1S/C22H31N3O5S/c1-15-20(22(26)25-10-8-6-7-9-11-25)21(16(2)24(15)3)31(27,28)23-17-12-18(29-4)14-19(13-17)30-5/h12-14,23H,6-11H2,1-5H3. The van der Waals surface area contributed by atoms with Gasteiger partial charge in [0.2, 0.25) is 0 Å². The number of nitrogens with one attached hydrogen (secondary N) is 1. The van der Waals surface area contributed by atoms with Gasteiger partial charge < -0.3 is 18.9 Å². The summed E-state index contributed by atoms with van der Waals surface area (Å²) in [5, 5.41) is 0. The Morgan fingerprint density at radius 3 is 2.00 bits per heavy atom. The molecule has 1 saturated heterocycles. The maximum Gasteiger partial charge on any atom is 0.264 e. The zero-order valence-electron chi connectivity index (χ0n) is 18.8. The van der Waals surface area contributed by atoms with E-state index in [1.807, 2.05) is 0 Å². The number of likely N-dealkylation sites (tertiary alicyclic amines) is 1. The van der Waals surface area contributed by atoms with E-state index in [-0.39, 0.29) is 16.4 Å². The SMILES string of the molecule is COc1cc(NS(=O)(=O)c2c(C(=O)N3CCCCCC3)c(C)n(C)c2C)cc(OC)c1. The number of carbonyl (C=O) groups is 1. The molecule has 0 bridgehead atoms. The van der Waals surface area contributed by atoms with Crippen LogP contribution in [0.25, 0.3) is 0 Å². The first kappa shape index (κ1) is 23.0. The minimum atomic E-state index is -4.05. The highest BCUT2D eigenvalue weighted by atomic mass is 32.2. The number of nitrogens with zero attached hydrogens (tertiary/aromatic N) is 2. The molecule has 170 valence electrons. The Hall–Kier alpha value is -2.68. The van der Waals surface area contributed by atoms with Crippen molar-refractivity contribution in [2.45, 2.75) is 44.4 Å². The molecule has 8 nitrogen and oxygen atoms in total. The number of anilines is 1. The lowest BCUT2D eigenvalue weighted by Gasteiger charge is -2.21. The maximum absolute atomic E-state index is 13.5. The van der Waals surface area contributed by atoms with Gasteiger partial charge in [0.05, 0.1) is 25.5 Å². The molecule has 1 N–H and O–H groups in total. The summed E-state index contributed by atoms with van der Waals surface area (Å²) in [4.78, 5) is 15.2. The van der Waals surface area contributed by atoms with Gasteiger partial charge in [-0.25, -0.2) is 8.42 Å². The lowest BCUT2D eigenvalue weighted by atomic mass is 10.2. The van der Waals surface area contributed by atoms with E-state index < -0.39 is 10.0 Å². The molecule has 31 heavy (non-hydrogen) atoms. The van der Waals surface area contributed by atoms with Gasteiger partial charge in [-0.15, -0.1) is 0 Å². The number of methoxy groups -OCH3 is 2. The Morgan fingerprint density at radius 1 is 0.935 bits per heavy atom. The molecule has 2 heterocycles. The number of benzene rings is 1. The fourth-order valence-corrected chi connectivity index (χ4v) is 5.56. The Morgan fingerprint density at radius 2 is 1.48 bits per heavy atom. The van der Waals surface area contributed by atoms with Crippen LogP contribution in [0.4, 0.5) is 5.69 Å². The summed E-state index contributed by atoms with van der Waals surface area (Å²) in [5.74, 6) is 0.685. The molecule has 2 aromatic rings. The molecule has 0 saturated carbocycles. The van der Waals surface area contributed by atoms with E-state index in [4.69, 9.17) is 9.47 Å². The predicted octanol–water partition coefficient (Wildman–Crippen LogP) is 3.48. The fourth-order valence-electron chi connectivity index (χ4n) is 4.00. The summed E-state index contributed by atoms with van der Waals surface area (Å²) in [6.45, 7) is 4.79. The normalized spacial score (nSPS) is 14.8. The smallest absolute Gasteiger partial charge is 0.264 e. The van der Waals surface area contributed by atoms with Crippen LogP contribution in [0.3, 0.4) is 0 Å². The number of aromatic nitrogens is 1. The summed E-state index contributed by atoms with van der Waals surface area (Å²) < 4.78 is 41.8. The Balaban J connectivity index is 2.05. The molecule has 0 aliphatic carbocycles. The second-order valence-corrected chi connectivity index (χ2v) is 9.47. The molecule has 9 heteroatoms. The molecule has 0 spiro atoms. The molecule has 0 radical (unpaired) electrons. The van der Waals surface area contributed by atoms with Crippen LogP contribution in [0, 0.1) is 13.8 Å². The van der Waals surface area contributed by atoms with Crippen molar-refractivity contribution in [2.24, 2.45) is 7.05 Å². The quantitative estimate of drug-likeness (QED) is 0.729. The first-order valence-corrected chi connectivity index (χ1v) is 11.9. The molecule has 1 aromatic heterocycles. The van der Waals surface area contributed by atoms with Crippen LogP contribution in [0.2, 0.25) is 0 Å². The monoisotopic (exact) mass is 449 g/mol. The van der Waals surface area contributed by atoms with Crippen LogP contribution in [-0.2, 0) is 17.1 Å². The van der Waals surface area contributed by atoms with Gasteiger partial charge >= 0.3 is 0 Å². The molecule has 3 rings (SSSR count). The first-order valence-electron chi connectivity index (χ1n) is 10.4. The van der Waals surface area contributed by atoms with E-state index in [2.05, 4.69) is 4.72 Å². The minimum Gasteiger partial charge on any atom is -0.497 e. The van der Waals surface area contributed by atoms with Crippen molar-refractivity contribution in [3.63, 3.8) is 0 Å². The summed E-state index contributed by atoms with van der Waals surface area (Å²) >= 11 is 0. The van der Waals surface area contributed by atoms with Gasteiger partial charge in [0.25, 0.3) is 15.9 Å². The van der Waals surface area contributed by atoms with E-state index in [9.17, 15) is 13.2 Å². The Labute approximate surface area is 184 Å². The highest BCUT2D eigenvalue weighted by molar-refractivity contribution is 7.92. The van der Waals surface area contributed by atoms with Gasteiger partial charge in [0.1, 0.15) is 16.4 Å². The van der Waals surface area contributed by atoms with Crippen molar-refractivity contribution in [3.8, 4) is 11.5 Å². The molecule has 1 aliphatic heterocycles. The molecule has 1 aromatic carbocycles. The molecule has 1 amide bonds. The third kappa shape index (κ3) is 4.66. The van der Waals surface area contributed by atoms with Crippen molar-refractivity contribution >= 4 is 21.6 Å². The van der Waals surface area contributed by atoms with Crippen LogP contribution in [0.1, 0.15) is 47.4 Å². The zero-order valence-corrected chi connectivity index (χ0v) is 19.6. The van der Waals surface area contributed by atoms with Gasteiger partial charge in [-0.05, 0) is 26.7 Å². The number of sulfonamides is 1. The minimum absolute atomic E-state index is 0.0172. The van der Waals surface area contributed by atoms with E-state index >= 15 is 0 Å². The van der Waals surface area contributed by atoms with E-state index in [0.29, 0.717) is 41.7 Å². The van der Waals surface area contributed by atoms with Gasteiger partial charge in [0.15, 0.2) is 0 Å². The predicted molar refractivity (Wildman–Crippen MR) is 120 cm³/mol. The lowest BCUT2D eigenvalue weighted by molar-refractivity contribution is 0.0757. The number of rotatable bonds is 6. The molecule has 0 unspecified atom stereocenters. The molecular formula is C22H31N3O5S. The number of hydrogen-bond donors (Lipinski definition) is 1. The fraction of sp³-hybridized carbons (Fsp3) is 0.500. The van der Waals surface area contributed by atoms with Crippen LogP contribution in [0.5, 0.6) is 11.5 Å². The highest BCUT2D eigenvalue weighted by Crippen LogP contribution is 2.32. The van der Waals surface area contributed by atoms with Crippen molar-refractivity contribution in [1.82, 2.24) is 9.47 Å². The molecule has 0 atom stereocenters.